The lowest BCUT2D eigenvalue weighted by molar-refractivity contribution is 0.0917. The molecule has 1 atom stereocenters. The van der Waals surface area contributed by atoms with Crippen LogP contribution in [-0.2, 0) is 4.74 Å². The molecule has 0 fully saturated rings. The summed E-state index contributed by atoms with van der Waals surface area (Å²) in [6.45, 7) is 1.79. The molecule has 0 saturated carbocycles. The van der Waals surface area contributed by atoms with E-state index in [9.17, 15) is 4.79 Å². The summed E-state index contributed by atoms with van der Waals surface area (Å²) in [4.78, 5) is 11.4. The second kappa shape index (κ2) is 6.84. The van der Waals surface area contributed by atoms with Gasteiger partial charge in [0.25, 0.3) is 0 Å². The minimum absolute atomic E-state index is 0.178. The molecule has 0 saturated heterocycles. The molecule has 6 heteroatoms. The van der Waals surface area contributed by atoms with Gasteiger partial charge < -0.3 is 24.8 Å². The number of benzene rings is 1. The molecule has 6 nitrogen and oxygen atoms in total. The number of hydrogen-bond donors (Lipinski definition) is 2. The summed E-state index contributed by atoms with van der Waals surface area (Å²) >= 11 is 0. The molecule has 0 aromatic heterocycles. The Bertz CT molecular complexity index is 425. The van der Waals surface area contributed by atoms with Crippen molar-refractivity contribution in [2.24, 2.45) is 0 Å². The lowest BCUT2D eigenvalue weighted by atomic mass is 10.2. The maximum Gasteiger partial charge on any atom is 0.315 e. The van der Waals surface area contributed by atoms with Crippen LogP contribution in [0.5, 0.6) is 11.5 Å². The molecule has 2 rings (SSSR count). The highest BCUT2D eigenvalue weighted by atomic mass is 16.6. The van der Waals surface area contributed by atoms with Crippen molar-refractivity contribution in [3.8, 4) is 11.5 Å². The van der Waals surface area contributed by atoms with Crippen molar-refractivity contribution in [3.63, 3.8) is 0 Å². The zero-order valence-corrected chi connectivity index (χ0v) is 10.8. The van der Waals surface area contributed by atoms with Crippen molar-refractivity contribution in [1.82, 2.24) is 10.6 Å². The number of para-hydroxylation sites is 2. The highest BCUT2D eigenvalue weighted by molar-refractivity contribution is 5.73. The summed E-state index contributed by atoms with van der Waals surface area (Å²) in [6.07, 6.45) is -0.178. The second-order valence-electron chi connectivity index (χ2n) is 4.13. The summed E-state index contributed by atoms with van der Waals surface area (Å²) in [5.41, 5.74) is 0. The van der Waals surface area contributed by atoms with Crippen LogP contribution in [0.4, 0.5) is 4.79 Å². The molecule has 0 bridgehead atoms. The van der Waals surface area contributed by atoms with Gasteiger partial charge in [-0.2, -0.15) is 0 Å². The monoisotopic (exact) mass is 266 g/mol. The van der Waals surface area contributed by atoms with Crippen molar-refractivity contribution in [1.29, 1.82) is 0 Å². The number of hydrogen-bond acceptors (Lipinski definition) is 4. The predicted octanol–water partition coefficient (Wildman–Crippen LogP) is 0.772. The Morgan fingerprint density at radius 1 is 1.37 bits per heavy atom. The van der Waals surface area contributed by atoms with Crippen molar-refractivity contribution in [3.05, 3.63) is 24.3 Å². The Kier molecular flexibility index (Phi) is 4.85. The van der Waals surface area contributed by atoms with Gasteiger partial charge in [0.1, 0.15) is 6.61 Å². The highest BCUT2D eigenvalue weighted by Crippen LogP contribution is 2.30. The fourth-order valence-electron chi connectivity index (χ4n) is 1.70. The summed E-state index contributed by atoms with van der Waals surface area (Å²) < 4.78 is 16.1. The van der Waals surface area contributed by atoms with Crippen LogP contribution in [0.15, 0.2) is 24.3 Å². The van der Waals surface area contributed by atoms with Crippen LogP contribution in [0.25, 0.3) is 0 Å². The number of amides is 2. The van der Waals surface area contributed by atoms with Crippen LogP contribution in [0.3, 0.4) is 0 Å². The number of carbonyl (C=O) groups is 1. The lowest BCUT2D eigenvalue weighted by Gasteiger charge is -2.26. The van der Waals surface area contributed by atoms with E-state index in [1.54, 1.807) is 7.11 Å². The minimum Gasteiger partial charge on any atom is -0.486 e. The van der Waals surface area contributed by atoms with Crippen molar-refractivity contribution in [2.75, 3.05) is 33.4 Å². The molecule has 0 spiro atoms. The minimum atomic E-state index is -0.237. The normalized spacial score (nSPS) is 16.8. The molecular weight excluding hydrogens is 248 g/mol. The molecule has 2 amide bonds. The zero-order valence-electron chi connectivity index (χ0n) is 10.8. The third-order valence-electron chi connectivity index (χ3n) is 2.65. The number of carbonyl (C=O) groups excluding carboxylic acids is 1. The molecule has 1 aromatic carbocycles. The summed E-state index contributed by atoms with van der Waals surface area (Å²) in [5, 5.41) is 5.40. The Labute approximate surface area is 112 Å². The van der Waals surface area contributed by atoms with Crippen LogP contribution >= 0.6 is 0 Å². The van der Waals surface area contributed by atoms with Crippen LogP contribution in [0.2, 0.25) is 0 Å². The summed E-state index contributed by atoms with van der Waals surface area (Å²) in [6, 6.07) is 7.25. The van der Waals surface area contributed by atoms with E-state index >= 15 is 0 Å². The molecular formula is C13H18N2O4. The Morgan fingerprint density at radius 2 is 2.16 bits per heavy atom. The number of urea groups is 1. The van der Waals surface area contributed by atoms with Gasteiger partial charge in [0.15, 0.2) is 17.6 Å². The first kappa shape index (κ1) is 13.5. The molecule has 0 aliphatic carbocycles. The van der Waals surface area contributed by atoms with E-state index in [1.165, 1.54) is 0 Å². The molecule has 1 aliphatic heterocycles. The molecule has 1 aliphatic rings. The molecule has 1 heterocycles. The quantitative estimate of drug-likeness (QED) is 0.772. The first-order valence-electron chi connectivity index (χ1n) is 6.18. The van der Waals surface area contributed by atoms with Crippen LogP contribution in [-0.4, -0.2) is 45.5 Å². The maximum atomic E-state index is 11.4. The fraction of sp³-hybridized carbons (Fsp3) is 0.462. The second-order valence-corrected chi connectivity index (χ2v) is 4.13. The van der Waals surface area contributed by atoms with Gasteiger partial charge in [0.2, 0.25) is 0 Å². The van der Waals surface area contributed by atoms with Gasteiger partial charge in [0.05, 0.1) is 13.2 Å². The fourth-order valence-corrected chi connectivity index (χ4v) is 1.70. The average Bonchev–Trinajstić information content (AvgIpc) is 2.45. The SMILES string of the molecule is COCCNC(=O)NC[C@@H]1COc2ccccc2O1. The maximum absolute atomic E-state index is 11.4. The number of nitrogens with one attached hydrogen (secondary N) is 2. The number of methoxy groups -OCH3 is 1. The number of rotatable bonds is 5. The van der Waals surface area contributed by atoms with Gasteiger partial charge in [-0.3, -0.25) is 0 Å². The third-order valence-corrected chi connectivity index (χ3v) is 2.65. The van der Waals surface area contributed by atoms with Crippen molar-refractivity contribution in [2.45, 2.75) is 6.10 Å². The van der Waals surface area contributed by atoms with Crippen LogP contribution in [0.1, 0.15) is 0 Å². The summed E-state index contributed by atoms with van der Waals surface area (Å²) in [5.74, 6) is 1.45. The summed E-state index contributed by atoms with van der Waals surface area (Å²) in [7, 11) is 1.59. The first-order valence-corrected chi connectivity index (χ1v) is 6.18. The van der Waals surface area contributed by atoms with Crippen molar-refractivity contribution >= 4 is 6.03 Å². The Morgan fingerprint density at radius 3 is 2.95 bits per heavy atom. The molecule has 0 unspecified atom stereocenters. The smallest absolute Gasteiger partial charge is 0.315 e. The van der Waals surface area contributed by atoms with Crippen molar-refractivity contribution < 1.29 is 19.0 Å². The van der Waals surface area contributed by atoms with Gasteiger partial charge in [-0.15, -0.1) is 0 Å². The Balaban J connectivity index is 1.72. The third kappa shape index (κ3) is 4.03. The van der Waals surface area contributed by atoms with Gasteiger partial charge >= 0.3 is 6.03 Å². The topological polar surface area (TPSA) is 68.8 Å². The van der Waals surface area contributed by atoms with E-state index in [-0.39, 0.29) is 12.1 Å². The zero-order chi connectivity index (χ0) is 13.5. The molecule has 19 heavy (non-hydrogen) atoms. The Hall–Kier alpha value is -1.95. The van der Waals surface area contributed by atoms with Crippen LogP contribution < -0.4 is 20.1 Å². The van der Waals surface area contributed by atoms with E-state index in [4.69, 9.17) is 14.2 Å². The lowest BCUT2D eigenvalue weighted by Crippen LogP contribution is -2.45. The first-order chi connectivity index (χ1) is 9.29. The van der Waals surface area contributed by atoms with Gasteiger partial charge in [0, 0.05) is 13.7 Å². The van der Waals surface area contributed by atoms with E-state index < -0.39 is 0 Å². The molecule has 104 valence electrons. The molecule has 0 radical (unpaired) electrons. The van der Waals surface area contributed by atoms with Crippen LogP contribution in [0, 0.1) is 0 Å². The predicted molar refractivity (Wildman–Crippen MR) is 69.6 cm³/mol. The number of fused-ring (bicyclic) bond motifs is 1. The van der Waals surface area contributed by atoms with E-state index in [0.29, 0.717) is 32.1 Å². The highest BCUT2D eigenvalue weighted by Gasteiger charge is 2.20. The molecule has 2 N–H and O–H groups in total. The standard InChI is InChI=1S/C13H18N2O4/c1-17-7-6-14-13(16)15-8-10-9-18-11-4-2-3-5-12(11)19-10/h2-5,10H,6-9H2,1H3,(H2,14,15,16)/t10-/m1/s1. The van der Waals surface area contributed by atoms with Gasteiger partial charge in [-0.05, 0) is 12.1 Å². The van der Waals surface area contributed by atoms with Gasteiger partial charge in [-0.25, -0.2) is 4.79 Å². The molecule has 1 aromatic rings. The van der Waals surface area contributed by atoms with E-state index in [2.05, 4.69) is 10.6 Å². The number of ether oxygens (including phenoxy) is 3. The van der Waals surface area contributed by atoms with E-state index in [1.807, 2.05) is 24.3 Å². The van der Waals surface area contributed by atoms with Gasteiger partial charge in [-0.1, -0.05) is 12.1 Å². The van der Waals surface area contributed by atoms with E-state index in [0.717, 1.165) is 5.75 Å². The largest absolute Gasteiger partial charge is 0.486 e. The average molecular weight is 266 g/mol.